The second kappa shape index (κ2) is 10.00. The summed E-state index contributed by atoms with van der Waals surface area (Å²) in [6.07, 6.45) is 8.59. The molecule has 8 nitrogen and oxygen atoms in total. The third kappa shape index (κ3) is 4.96. The van der Waals surface area contributed by atoms with Crippen molar-refractivity contribution < 1.29 is 13.6 Å². The highest BCUT2D eigenvalue weighted by Gasteiger charge is 2.35. The number of fused-ring (bicyclic) bond motifs is 1. The van der Waals surface area contributed by atoms with E-state index in [1.807, 2.05) is 6.07 Å². The number of hydrogen-bond acceptors (Lipinski definition) is 6. The van der Waals surface area contributed by atoms with E-state index < -0.39 is 11.6 Å². The van der Waals surface area contributed by atoms with Gasteiger partial charge in [-0.05, 0) is 84.9 Å². The standard InChI is InChI=1S/C29H31F2N7O/c1-15-9-19(12-24(32)28(15)35-16(2)39)21-7-8-33-14-26(21)36-29-34-13-20-5-6-25(37-38(20)29)27-22(30)10-18(11-23(27)31)17-3-4-17/h5-8,10-11,13-15,17,19,24,28H,3-4,9,12,32H2,1-2H3,(H,34,36)(H,35,39)/t15-,19+,24+,28-/m0/s1. The summed E-state index contributed by atoms with van der Waals surface area (Å²) in [5.41, 5.74) is 9.69. The summed E-state index contributed by atoms with van der Waals surface area (Å²) in [5, 5.41) is 10.9. The first kappa shape index (κ1) is 25.4. The van der Waals surface area contributed by atoms with E-state index in [-0.39, 0.29) is 47.0 Å². The molecule has 3 aromatic heterocycles. The molecular weight excluding hydrogens is 500 g/mol. The molecular formula is C29H31F2N7O. The number of imidazole rings is 1. The molecule has 2 aliphatic carbocycles. The Bertz CT molecular complexity index is 1510. The molecule has 0 unspecified atom stereocenters. The maximum Gasteiger partial charge on any atom is 0.229 e. The summed E-state index contributed by atoms with van der Waals surface area (Å²) in [4.78, 5) is 20.4. The van der Waals surface area contributed by atoms with Crippen LogP contribution in [0.3, 0.4) is 0 Å². The Labute approximate surface area is 225 Å². The number of nitrogens with zero attached hydrogens (tertiary/aromatic N) is 4. The van der Waals surface area contributed by atoms with Gasteiger partial charge in [0, 0.05) is 25.2 Å². The Morgan fingerprint density at radius 3 is 2.54 bits per heavy atom. The second-order valence-corrected chi connectivity index (χ2v) is 10.9. The van der Waals surface area contributed by atoms with Crippen LogP contribution < -0.4 is 16.4 Å². The molecule has 6 rings (SSSR count). The highest BCUT2D eigenvalue weighted by molar-refractivity contribution is 5.73. The van der Waals surface area contributed by atoms with Crippen molar-refractivity contribution in [2.75, 3.05) is 5.32 Å². The van der Waals surface area contributed by atoms with Gasteiger partial charge in [-0.1, -0.05) is 6.92 Å². The van der Waals surface area contributed by atoms with Crippen molar-refractivity contribution in [2.24, 2.45) is 11.7 Å². The summed E-state index contributed by atoms with van der Waals surface area (Å²) in [6, 6.07) is 7.89. The lowest BCUT2D eigenvalue weighted by atomic mass is 9.73. The number of hydrogen-bond donors (Lipinski definition) is 3. The first-order chi connectivity index (χ1) is 18.8. The molecule has 2 saturated carbocycles. The molecule has 0 radical (unpaired) electrons. The topological polar surface area (TPSA) is 110 Å². The van der Waals surface area contributed by atoms with Crippen molar-refractivity contribution >= 4 is 23.1 Å². The number of carbonyl (C=O) groups excluding carboxylic acids is 1. The Morgan fingerprint density at radius 1 is 1.08 bits per heavy atom. The summed E-state index contributed by atoms with van der Waals surface area (Å²) >= 11 is 0. The Hall–Kier alpha value is -3.92. The first-order valence-electron chi connectivity index (χ1n) is 13.4. The lowest BCUT2D eigenvalue weighted by molar-refractivity contribution is -0.120. The maximum atomic E-state index is 15.0. The number of nitrogens with two attached hydrogens (primary N) is 1. The normalized spacial score (nSPS) is 23.1. The van der Waals surface area contributed by atoms with Crippen LogP contribution in [-0.4, -0.2) is 37.6 Å². The summed E-state index contributed by atoms with van der Waals surface area (Å²) < 4.78 is 31.6. The highest BCUT2D eigenvalue weighted by Crippen LogP contribution is 2.42. The zero-order valence-corrected chi connectivity index (χ0v) is 21.9. The number of benzene rings is 1. The van der Waals surface area contributed by atoms with Crippen molar-refractivity contribution in [2.45, 2.75) is 63.5 Å². The van der Waals surface area contributed by atoms with Gasteiger partial charge in [0.1, 0.15) is 11.6 Å². The van der Waals surface area contributed by atoms with Crippen molar-refractivity contribution in [3.63, 3.8) is 0 Å². The van der Waals surface area contributed by atoms with E-state index in [4.69, 9.17) is 5.73 Å². The maximum absolute atomic E-state index is 15.0. The molecule has 0 aliphatic heterocycles. The van der Waals surface area contributed by atoms with Crippen LogP contribution in [0.25, 0.3) is 16.8 Å². The monoisotopic (exact) mass is 531 g/mol. The largest absolute Gasteiger partial charge is 0.352 e. The van der Waals surface area contributed by atoms with Gasteiger partial charge in [-0.15, -0.1) is 0 Å². The first-order valence-corrected chi connectivity index (χ1v) is 13.4. The molecule has 0 saturated heterocycles. The van der Waals surface area contributed by atoms with Crippen LogP contribution in [0.15, 0.2) is 48.9 Å². The minimum atomic E-state index is -0.617. The number of aromatic nitrogens is 4. The summed E-state index contributed by atoms with van der Waals surface area (Å²) in [5.74, 6) is -0.328. The molecule has 39 heavy (non-hydrogen) atoms. The molecule has 2 fully saturated rings. The zero-order chi connectivity index (χ0) is 27.3. The SMILES string of the molecule is CC(=O)N[C@@H]1[C@H](N)C[C@H](c2ccncc2Nc2ncc3ccc(-c4c(F)cc(C5CC5)cc4F)nn23)C[C@@H]1C. The van der Waals surface area contributed by atoms with Gasteiger partial charge in [-0.25, -0.2) is 13.8 Å². The summed E-state index contributed by atoms with van der Waals surface area (Å²) in [7, 11) is 0. The van der Waals surface area contributed by atoms with Crippen LogP contribution in [-0.2, 0) is 4.79 Å². The smallest absolute Gasteiger partial charge is 0.229 e. The van der Waals surface area contributed by atoms with E-state index in [0.717, 1.165) is 30.5 Å². The predicted molar refractivity (Wildman–Crippen MR) is 145 cm³/mol. The van der Waals surface area contributed by atoms with Crippen molar-refractivity contribution in [1.82, 2.24) is 24.9 Å². The molecule has 2 aliphatic rings. The molecule has 1 amide bonds. The van der Waals surface area contributed by atoms with Gasteiger partial charge >= 0.3 is 0 Å². The Balaban J connectivity index is 1.30. The van der Waals surface area contributed by atoms with Crippen LogP contribution in [0.4, 0.5) is 20.4 Å². The fourth-order valence-corrected chi connectivity index (χ4v) is 5.90. The number of nitrogens with one attached hydrogen (secondary N) is 2. The number of amides is 1. The Kier molecular flexibility index (Phi) is 6.50. The number of pyridine rings is 1. The average Bonchev–Trinajstić information content (AvgIpc) is 3.68. The van der Waals surface area contributed by atoms with E-state index in [0.29, 0.717) is 23.4 Å². The lowest BCUT2D eigenvalue weighted by Crippen LogP contribution is -2.54. The minimum Gasteiger partial charge on any atom is -0.352 e. The van der Waals surface area contributed by atoms with Crippen LogP contribution in [0.5, 0.6) is 0 Å². The molecule has 202 valence electrons. The van der Waals surface area contributed by atoms with Crippen LogP contribution in [0.2, 0.25) is 0 Å². The molecule has 1 aromatic carbocycles. The third-order valence-electron chi connectivity index (χ3n) is 7.95. The van der Waals surface area contributed by atoms with Gasteiger partial charge in [0.2, 0.25) is 11.9 Å². The van der Waals surface area contributed by atoms with E-state index in [1.165, 1.54) is 19.1 Å². The van der Waals surface area contributed by atoms with E-state index in [2.05, 4.69) is 32.6 Å². The van der Waals surface area contributed by atoms with Crippen LogP contribution in [0, 0.1) is 17.6 Å². The molecule has 4 atom stereocenters. The van der Waals surface area contributed by atoms with Crippen molar-refractivity contribution in [3.05, 3.63) is 71.7 Å². The number of carbonyl (C=O) groups is 1. The van der Waals surface area contributed by atoms with Crippen molar-refractivity contribution in [3.8, 4) is 11.3 Å². The van der Waals surface area contributed by atoms with Gasteiger partial charge in [0.15, 0.2) is 0 Å². The highest BCUT2D eigenvalue weighted by atomic mass is 19.1. The van der Waals surface area contributed by atoms with Crippen molar-refractivity contribution in [1.29, 1.82) is 0 Å². The molecule has 4 N–H and O–H groups in total. The predicted octanol–water partition coefficient (Wildman–Crippen LogP) is 5.04. The van der Waals surface area contributed by atoms with E-state index in [1.54, 1.807) is 35.2 Å². The number of rotatable bonds is 6. The van der Waals surface area contributed by atoms with Gasteiger partial charge < -0.3 is 16.4 Å². The quantitative estimate of drug-likeness (QED) is 0.322. The second-order valence-electron chi connectivity index (χ2n) is 10.9. The molecule has 0 spiro atoms. The molecule has 3 heterocycles. The average molecular weight is 532 g/mol. The van der Waals surface area contributed by atoms with Gasteiger partial charge in [-0.3, -0.25) is 9.78 Å². The van der Waals surface area contributed by atoms with E-state index >= 15 is 8.78 Å². The van der Waals surface area contributed by atoms with Crippen LogP contribution >= 0.6 is 0 Å². The minimum absolute atomic E-state index is 0.0741. The van der Waals surface area contributed by atoms with Gasteiger partial charge in [-0.2, -0.15) is 9.61 Å². The zero-order valence-electron chi connectivity index (χ0n) is 21.9. The fraction of sp³-hybridized carbons (Fsp3) is 0.379. The van der Waals surface area contributed by atoms with E-state index in [9.17, 15) is 4.79 Å². The lowest BCUT2D eigenvalue weighted by Gasteiger charge is -2.39. The van der Waals surface area contributed by atoms with Gasteiger partial charge in [0.05, 0.1) is 34.9 Å². The Morgan fingerprint density at radius 2 is 1.85 bits per heavy atom. The third-order valence-corrected chi connectivity index (χ3v) is 7.95. The summed E-state index contributed by atoms with van der Waals surface area (Å²) in [6.45, 7) is 3.61. The fourth-order valence-electron chi connectivity index (χ4n) is 5.90. The van der Waals surface area contributed by atoms with Crippen LogP contribution in [0.1, 0.15) is 62.5 Å². The number of halogens is 2. The number of anilines is 2. The molecule has 0 bridgehead atoms. The molecule has 10 heteroatoms. The van der Waals surface area contributed by atoms with Gasteiger partial charge in [0.25, 0.3) is 0 Å². The molecule has 4 aromatic rings.